The van der Waals surface area contributed by atoms with Crippen molar-refractivity contribution in [3.8, 4) is 0 Å². The zero-order valence-electron chi connectivity index (χ0n) is 8.87. The highest BCUT2D eigenvalue weighted by molar-refractivity contribution is 7.99. The molecule has 0 radical (unpaired) electrons. The normalized spacial score (nSPS) is 21.5. The molecule has 1 N–H and O–H groups in total. The van der Waals surface area contributed by atoms with E-state index in [1.807, 2.05) is 17.8 Å². The Balaban J connectivity index is 1.55. The Bertz CT molecular complexity index is 173. The Labute approximate surface area is 91.7 Å². The van der Waals surface area contributed by atoms with Crippen molar-refractivity contribution in [2.75, 3.05) is 18.1 Å². The van der Waals surface area contributed by atoms with Gasteiger partial charge >= 0.3 is 0 Å². The Hall–Kier alpha value is 0.0500. The van der Waals surface area contributed by atoms with E-state index >= 15 is 0 Å². The SMILES string of the molecule is C=CCSCCNC(C1CC1)C1CC1. The quantitative estimate of drug-likeness (QED) is 0.489. The molecule has 0 bridgehead atoms. The average Bonchev–Trinajstić information content (AvgIpc) is 3.03. The Morgan fingerprint density at radius 3 is 2.43 bits per heavy atom. The molecule has 0 unspecified atom stereocenters. The Kier molecular flexibility index (Phi) is 3.94. The van der Waals surface area contributed by atoms with Crippen molar-refractivity contribution < 1.29 is 0 Å². The molecule has 0 atom stereocenters. The minimum absolute atomic E-state index is 0.874. The molecule has 0 aliphatic heterocycles. The molecule has 1 nitrogen and oxygen atoms in total. The molecule has 0 saturated heterocycles. The zero-order valence-corrected chi connectivity index (χ0v) is 9.69. The molecule has 14 heavy (non-hydrogen) atoms. The second-order valence-electron chi connectivity index (χ2n) is 4.52. The largest absolute Gasteiger partial charge is 0.313 e. The third kappa shape index (κ3) is 3.32. The maximum absolute atomic E-state index is 3.75. The maximum Gasteiger partial charge on any atom is 0.0124 e. The van der Waals surface area contributed by atoms with E-state index in [9.17, 15) is 0 Å². The van der Waals surface area contributed by atoms with Gasteiger partial charge in [-0.05, 0) is 37.5 Å². The van der Waals surface area contributed by atoms with Gasteiger partial charge in [-0.2, -0.15) is 11.8 Å². The van der Waals surface area contributed by atoms with Crippen LogP contribution in [-0.4, -0.2) is 24.1 Å². The van der Waals surface area contributed by atoms with E-state index in [1.54, 1.807) is 0 Å². The zero-order chi connectivity index (χ0) is 9.80. The van der Waals surface area contributed by atoms with E-state index < -0.39 is 0 Å². The topological polar surface area (TPSA) is 12.0 Å². The van der Waals surface area contributed by atoms with Crippen molar-refractivity contribution in [3.63, 3.8) is 0 Å². The van der Waals surface area contributed by atoms with E-state index in [0.717, 1.165) is 23.6 Å². The number of hydrogen-bond donors (Lipinski definition) is 1. The van der Waals surface area contributed by atoms with Gasteiger partial charge in [0.05, 0.1) is 0 Å². The van der Waals surface area contributed by atoms with Crippen LogP contribution in [-0.2, 0) is 0 Å². The Morgan fingerprint density at radius 2 is 1.93 bits per heavy atom. The van der Waals surface area contributed by atoms with Crippen molar-refractivity contribution in [1.82, 2.24) is 5.32 Å². The molecule has 0 heterocycles. The first kappa shape index (κ1) is 10.6. The molecule has 2 aliphatic rings. The van der Waals surface area contributed by atoms with Crippen molar-refractivity contribution >= 4 is 11.8 Å². The molecule has 0 aromatic heterocycles. The van der Waals surface area contributed by atoms with E-state index in [4.69, 9.17) is 0 Å². The van der Waals surface area contributed by atoms with Gasteiger partial charge in [0.1, 0.15) is 0 Å². The molecule has 2 heteroatoms. The fourth-order valence-electron chi connectivity index (χ4n) is 2.09. The lowest BCUT2D eigenvalue weighted by Gasteiger charge is -2.17. The van der Waals surface area contributed by atoms with Gasteiger partial charge in [0.25, 0.3) is 0 Å². The van der Waals surface area contributed by atoms with Crippen molar-refractivity contribution in [2.24, 2.45) is 11.8 Å². The first-order valence-electron chi connectivity index (χ1n) is 5.84. The van der Waals surface area contributed by atoms with Gasteiger partial charge in [-0.25, -0.2) is 0 Å². The molecule has 0 amide bonds. The summed E-state index contributed by atoms with van der Waals surface area (Å²) in [4.78, 5) is 0. The van der Waals surface area contributed by atoms with E-state index in [0.29, 0.717) is 0 Å². The monoisotopic (exact) mass is 211 g/mol. The number of rotatable bonds is 8. The molecule has 2 rings (SSSR count). The van der Waals surface area contributed by atoms with Gasteiger partial charge in [0, 0.05) is 24.1 Å². The minimum Gasteiger partial charge on any atom is -0.313 e. The highest BCUT2D eigenvalue weighted by Crippen LogP contribution is 2.44. The number of thioether (sulfide) groups is 1. The summed E-state index contributed by atoms with van der Waals surface area (Å²) in [6.07, 6.45) is 7.91. The standard InChI is InChI=1S/C12H21NS/c1-2-8-14-9-7-13-12(10-3-4-10)11-5-6-11/h2,10-13H,1,3-9H2. The summed E-state index contributed by atoms with van der Waals surface area (Å²) in [5, 5.41) is 3.75. The van der Waals surface area contributed by atoms with Crippen LogP contribution in [0.3, 0.4) is 0 Å². The molecule has 2 aliphatic carbocycles. The molecule has 0 spiro atoms. The lowest BCUT2D eigenvalue weighted by Crippen LogP contribution is -2.34. The van der Waals surface area contributed by atoms with Crippen molar-refractivity contribution in [1.29, 1.82) is 0 Å². The van der Waals surface area contributed by atoms with E-state index in [1.165, 1.54) is 38.0 Å². The lowest BCUT2D eigenvalue weighted by atomic mass is 10.1. The first-order chi connectivity index (χ1) is 6.92. The van der Waals surface area contributed by atoms with E-state index in [-0.39, 0.29) is 0 Å². The predicted molar refractivity (Wildman–Crippen MR) is 64.8 cm³/mol. The minimum atomic E-state index is 0.874. The van der Waals surface area contributed by atoms with Gasteiger partial charge in [0.2, 0.25) is 0 Å². The van der Waals surface area contributed by atoms with Crippen LogP contribution in [0.15, 0.2) is 12.7 Å². The van der Waals surface area contributed by atoms with Crippen LogP contribution in [0.5, 0.6) is 0 Å². The van der Waals surface area contributed by atoms with Crippen LogP contribution in [0.1, 0.15) is 25.7 Å². The molecule has 0 aromatic rings. The van der Waals surface area contributed by atoms with Crippen LogP contribution >= 0.6 is 11.8 Å². The van der Waals surface area contributed by atoms with Gasteiger partial charge in [-0.3, -0.25) is 0 Å². The summed E-state index contributed by atoms with van der Waals surface area (Å²) in [5.41, 5.74) is 0. The number of hydrogen-bond acceptors (Lipinski definition) is 2. The summed E-state index contributed by atoms with van der Waals surface area (Å²) < 4.78 is 0. The first-order valence-corrected chi connectivity index (χ1v) is 6.99. The smallest absolute Gasteiger partial charge is 0.0124 e. The fourth-order valence-corrected chi connectivity index (χ4v) is 2.69. The van der Waals surface area contributed by atoms with Crippen LogP contribution in [0.4, 0.5) is 0 Å². The highest BCUT2D eigenvalue weighted by atomic mass is 32.2. The van der Waals surface area contributed by atoms with Gasteiger partial charge in [-0.15, -0.1) is 6.58 Å². The molecule has 2 saturated carbocycles. The second kappa shape index (κ2) is 5.22. The molecular weight excluding hydrogens is 190 g/mol. The predicted octanol–water partition coefficient (Wildman–Crippen LogP) is 2.68. The maximum atomic E-state index is 3.75. The number of nitrogens with one attached hydrogen (secondary N) is 1. The van der Waals surface area contributed by atoms with E-state index in [2.05, 4.69) is 11.9 Å². The summed E-state index contributed by atoms with van der Waals surface area (Å²) in [7, 11) is 0. The summed E-state index contributed by atoms with van der Waals surface area (Å²) in [5.74, 6) is 4.40. The fraction of sp³-hybridized carbons (Fsp3) is 0.833. The van der Waals surface area contributed by atoms with Crippen molar-refractivity contribution in [2.45, 2.75) is 31.7 Å². The van der Waals surface area contributed by atoms with Crippen molar-refractivity contribution in [3.05, 3.63) is 12.7 Å². The summed E-state index contributed by atoms with van der Waals surface area (Å²) >= 11 is 1.98. The molecule has 80 valence electrons. The van der Waals surface area contributed by atoms with Gasteiger partial charge in [0.15, 0.2) is 0 Å². The van der Waals surface area contributed by atoms with Crippen LogP contribution < -0.4 is 5.32 Å². The molecular formula is C12H21NS. The van der Waals surface area contributed by atoms with Gasteiger partial charge in [-0.1, -0.05) is 6.08 Å². The molecule has 0 aromatic carbocycles. The van der Waals surface area contributed by atoms with Crippen LogP contribution in [0.25, 0.3) is 0 Å². The lowest BCUT2D eigenvalue weighted by molar-refractivity contribution is 0.429. The molecule has 2 fully saturated rings. The van der Waals surface area contributed by atoms with Crippen LogP contribution in [0.2, 0.25) is 0 Å². The highest BCUT2D eigenvalue weighted by Gasteiger charge is 2.40. The average molecular weight is 211 g/mol. The second-order valence-corrected chi connectivity index (χ2v) is 5.67. The van der Waals surface area contributed by atoms with Crippen LogP contribution in [0, 0.1) is 11.8 Å². The third-order valence-electron chi connectivity index (χ3n) is 3.12. The van der Waals surface area contributed by atoms with Gasteiger partial charge < -0.3 is 5.32 Å². The summed E-state index contributed by atoms with van der Waals surface area (Å²) in [6, 6.07) is 0.874. The Morgan fingerprint density at radius 1 is 1.29 bits per heavy atom. The third-order valence-corrected chi connectivity index (χ3v) is 4.09. The summed E-state index contributed by atoms with van der Waals surface area (Å²) in [6.45, 7) is 4.92.